The monoisotopic (exact) mass is 628 g/mol. The number of rotatable bonds is 7. The average Bonchev–Trinajstić information content (AvgIpc) is 3.57. The molecule has 1 amide bonds. The average molecular weight is 629 g/mol. The van der Waals surface area contributed by atoms with Crippen molar-refractivity contribution in [2.75, 3.05) is 0 Å². The van der Waals surface area contributed by atoms with Crippen molar-refractivity contribution in [3.63, 3.8) is 0 Å². The lowest BCUT2D eigenvalue weighted by Crippen LogP contribution is -2.70. The number of ether oxygens (including phenoxy) is 1. The van der Waals surface area contributed by atoms with Crippen LogP contribution < -0.4 is 0 Å². The number of para-hydroxylation sites is 1. The van der Waals surface area contributed by atoms with Crippen molar-refractivity contribution in [1.29, 1.82) is 0 Å². The summed E-state index contributed by atoms with van der Waals surface area (Å²) in [6.07, 6.45) is 0.748. The fraction of sp³-hybridized carbons (Fsp3) is 0.200. The maximum atomic E-state index is 13.6. The van der Waals surface area contributed by atoms with E-state index in [0.717, 1.165) is 10.2 Å². The van der Waals surface area contributed by atoms with Gasteiger partial charge in [-0.1, -0.05) is 51.5 Å². The molecule has 0 saturated carbocycles. The van der Waals surface area contributed by atoms with E-state index >= 15 is 0 Å². The number of aliphatic carboxylic acids is 1. The number of thioether (sulfide) groups is 1. The molecule has 14 heteroatoms. The Kier molecular flexibility index (Phi) is 6.00. The van der Waals surface area contributed by atoms with Crippen molar-refractivity contribution in [3.8, 4) is 0 Å². The third kappa shape index (κ3) is 3.93. The molecule has 2 aliphatic rings. The predicted octanol–water partition coefficient (Wildman–Crippen LogP) is 4.65. The minimum Gasteiger partial charge on any atom is -0.477 e. The number of allylic oxidation sites excluding steroid dienone is 1. The van der Waals surface area contributed by atoms with Crippen LogP contribution in [0.2, 0.25) is 0 Å². The van der Waals surface area contributed by atoms with Crippen molar-refractivity contribution in [3.05, 3.63) is 86.7 Å². The number of fused-ring (bicyclic) bond motifs is 4. The Balaban J connectivity index is 1.35. The van der Waals surface area contributed by atoms with Gasteiger partial charge in [-0.15, -0.1) is 11.8 Å². The van der Waals surface area contributed by atoms with E-state index in [1.807, 2.05) is 28.7 Å². The van der Waals surface area contributed by atoms with E-state index in [4.69, 9.17) is 4.74 Å². The van der Waals surface area contributed by atoms with E-state index < -0.39 is 38.6 Å². The number of β-lactam (4-membered cyclic amide) rings is 1. The molecular formula is C25H17BrN4O7S2. The first-order valence-electron chi connectivity index (χ1n) is 11.5. The summed E-state index contributed by atoms with van der Waals surface area (Å²) in [6.45, 7) is 1.24. The Labute approximate surface area is 236 Å². The molecule has 1 fully saturated rings. The first kappa shape index (κ1) is 25.5. The standard InChI is InChI=1S/C25H17BrN4O7S2/c1-12(31)37-20(15-11-28-16-4-2-3-5-17(16)39-24(28)27-15)25(26)22(34)29-19(21(32)33)18(38-23(25)29)10-13-6-8-14(9-7-13)30(35)36/h2-9,11,20,23H,10H2,1H3,(H,32,33). The Bertz CT molecular complexity index is 1750. The van der Waals surface area contributed by atoms with Gasteiger partial charge in [0, 0.05) is 36.6 Å². The van der Waals surface area contributed by atoms with Gasteiger partial charge in [0.15, 0.2) is 15.4 Å². The fourth-order valence-corrected chi connectivity index (χ4v) is 8.37. The molecule has 0 aliphatic carbocycles. The van der Waals surface area contributed by atoms with E-state index in [2.05, 4.69) is 20.9 Å². The highest BCUT2D eigenvalue weighted by Crippen LogP contribution is 2.60. The van der Waals surface area contributed by atoms with Gasteiger partial charge in [0.1, 0.15) is 16.8 Å². The largest absolute Gasteiger partial charge is 0.477 e. The number of carbonyl (C=O) groups excluding carboxylic acids is 2. The van der Waals surface area contributed by atoms with Gasteiger partial charge < -0.3 is 9.84 Å². The second kappa shape index (κ2) is 9.17. The summed E-state index contributed by atoms with van der Waals surface area (Å²) in [4.78, 5) is 55.4. The summed E-state index contributed by atoms with van der Waals surface area (Å²) < 4.78 is 7.09. The summed E-state index contributed by atoms with van der Waals surface area (Å²) in [5.41, 5.74) is 1.67. The lowest BCUT2D eigenvalue weighted by molar-refractivity contribution is -0.384. The molecule has 2 aliphatic heterocycles. The number of aromatic nitrogens is 2. The van der Waals surface area contributed by atoms with Crippen LogP contribution >= 0.6 is 39.0 Å². The number of nitro benzene ring substituents is 1. The number of nitrogens with zero attached hydrogens (tertiary/aromatic N) is 4. The number of non-ortho nitro benzene ring substituents is 1. The molecule has 3 atom stereocenters. The zero-order chi connectivity index (χ0) is 27.6. The van der Waals surface area contributed by atoms with E-state index in [1.165, 1.54) is 47.1 Å². The lowest BCUT2D eigenvalue weighted by atomic mass is 9.88. The Morgan fingerprint density at radius 2 is 1.97 bits per heavy atom. The van der Waals surface area contributed by atoms with Gasteiger partial charge in [-0.3, -0.25) is 29.0 Å². The van der Waals surface area contributed by atoms with Gasteiger partial charge in [-0.2, -0.15) is 0 Å². The normalized spacial score (nSPS) is 21.2. The third-order valence-corrected chi connectivity index (χ3v) is 10.5. The van der Waals surface area contributed by atoms with Crippen LogP contribution in [-0.4, -0.2) is 51.9 Å². The summed E-state index contributed by atoms with van der Waals surface area (Å²) in [7, 11) is 0. The lowest BCUT2D eigenvalue weighted by Gasteiger charge is -2.51. The Morgan fingerprint density at radius 3 is 2.64 bits per heavy atom. The van der Waals surface area contributed by atoms with Crippen molar-refractivity contribution in [1.82, 2.24) is 14.3 Å². The number of amides is 1. The number of benzene rings is 2. The minimum absolute atomic E-state index is 0.0827. The molecule has 0 bridgehead atoms. The van der Waals surface area contributed by atoms with Gasteiger partial charge in [0.2, 0.25) is 0 Å². The van der Waals surface area contributed by atoms with Crippen LogP contribution in [0.5, 0.6) is 0 Å². The number of esters is 1. The van der Waals surface area contributed by atoms with Crippen LogP contribution in [0, 0.1) is 10.1 Å². The van der Waals surface area contributed by atoms with E-state index in [1.54, 1.807) is 18.3 Å². The number of nitro groups is 1. The van der Waals surface area contributed by atoms with Crippen LogP contribution in [0.15, 0.2) is 65.3 Å². The first-order valence-corrected chi connectivity index (χ1v) is 14.0. The molecule has 1 N–H and O–H groups in total. The van der Waals surface area contributed by atoms with Gasteiger partial charge >= 0.3 is 11.9 Å². The maximum Gasteiger partial charge on any atom is 0.353 e. The quantitative estimate of drug-likeness (QED) is 0.102. The number of carbonyl (C=O) groups is 3. The molecule has 2 aromatic carbocycles. The molecule has 6 rings (SSSR count). The van der Waals surface area contributed by atoms with Crippen LogP contribution in [0.3, 0.4) is 0 Å². The third-order valence-electron chi connectivity index (χ3n) is 6.57. The summed E-state index contributed by atoms with van der Waals surface area (Å²) >= 11 is 6.18. The molecule has 39 heavy (non-hydrogen) atoms. The second-order valence-electron chi connectivity index (χ2n) is 8.97. The second-order valence-corrected chi connectivity index (χ2v) is 12.5. The molecule has 1 saturated heterocycles. The number of carboxylic acid groups (broad SMARTS) is 1. The maximum absolute atomic E-state index is 13.6. The van der Waals surface area contributed by atoms with Crippen molar-refractivity contribution in [2.45, 2.75) is 29.1 Å². The summed E-state index contributed by atoms with van der Waals surface area (Å²) in [5.74, 6) is -2.46. The number of hydrogen-bond donors (Lipinski definition) is 1. The number of carboxylic acids is 1. The van der Waals surface area contributed by atoms with Crippen LogP contribution in [-0.2, 0) is 25.5 Å². The molecule has 11 nitrogen and oxygen atoms in total. The highest BCUT2D eigenvalue weighted by atomic mass is 79.9. The molecule has 3 unspecified atom stereocenters. The van der Waals surface area contributed by atoms with Crippen molar-refractivity contribution >= 4 is 77.7 Å². The van der Waals surface area contributed by atoms with Crippen molar-refractivity contribution in [2.24, 2.45) is 0 Å². The van der Waals surface area contributed by atoms with Gasteiger partial charge in [0.05, 0.1) is 15.1 Å². The van der Waals surface area contributed by atoms with E-state index in [9.17, 15) is 29.6 Å². The summed E-state index contributed by atoms with van der Waals surface area (Å²) in [5, 5.41) is 20.2. The minimum atomic E-state index is -1.47. The predicted molar refractivity (Wildman–Crippen MR) is 146 cm³/mol. The molecule has 198 valence electrons. The van der Waals surface area contributed by atoms with Gasteiger partial charge in [0.25, 0.3) is 11.6 Å². The smallest absolute Gasteiger partial charge is 0.353 e. The van der Waals surface area contributed by atoms with Crippen LogP contribution in [0.25, 0.3) is 15.2 Å². The number of thiazole rings is 1. The molecule has 0 spiro atoms. The van der Waals surface area contributed by atoms with Crippen LogP contribution in [0.1, 0.15) is 24.3 Å². The van der Waals surface area contributed by atoms with Crippen LogP contribution in [0.4, 0.5) is 5.69 Å². The Morgan fingerprint density at radius 1 is 1.26 bits per heavy atom. The molecule has 4 aromatic rings. The van der Waals surface area contributed by atoms with Crippen molar-refractivity contribution < 1.29 is 29.2 Å². The first-order chi connectivity index (χ1) is 18.6. The number of alkyl halides is 1. The number of imidazole rings is 1. The van der Waals surface area contributed by atoms with Gasteiger partial charge in [-0.25, -0.2) is 9.78 Å². The zero-order valence-electron chi connectivity index (χ0n) is 19.9. The SMILES string of the molecule is CC(=O)OC(c1cn2c(n1)sc1ccccc12)C1(Br)C(=O)N2C(C(=O)O)=C(Cc3ccc([N+](=O)[O-])cc3)SC21. The molecular weight excluding hydrogens is 612 g/mol. The zero-order valence-corrected chi connectivity index (χ0v) is 23.2. The topological polar surface area (TPSA) is 144 Å². The Hall–Kier alpha value is -3.75. The highest BCUT2D eigenvalue weighted by molar-refractivity contribution is 9.10. The van der Waals surface area contributed by atoms with E-state index in [-0.39, 0.29) is 17.8 Å². The highest BCUT2D eigenvalue weighted by Gasteiger charge is 2.70. The fourth-order valence-electron chi connectivity index (χ4n) is 4.83. The molecule has 0 radical (unpaired) electrons. The molecule has 4 heterocycles. The number of halogens is 1. The van der Waals surface area contributed by atoms with Gasteiger partial charge in [-0.05, 0) is 17.7 Å². The van der Waals surface area contributed by atoms with E-state index in [0.29, 0.717) is 21.1 Å². The number of hydrogen-bond acceptors (Lipinski definition) is 9. The summed E-state index contributed by atoms with van der Waals surface area (Å²) in [6, 6.07) is 13.5. The molecule has 2 aromatic heterocycles.